The van der Waals surface area contributed by atoms with E-state index in [0.717, 1.165) is 19.3 Å². The van der Waals surface area contributed by atoms with Crippen LogP contribution in [-0.4, -0.2) is 14.5 Å². The van der Waals surface area contributed by atoms with E-state index in [-0.39, 0.29) is 17.5 Å². The molecule has 0 spiro atoms. The summed E-state index contributed by atoms with van der Waals surface area (Å²) < 4.78 is 33.5. The van der Waals surface area contributed by atoms with Gasteiger partial charge in [0.25, 0.3) is 0 Å². The molecule has 2 unspecified atom stereocenters. The number of sulfonamides is 1. The molecule has 0 bridgehead atoms. The molecule has 1 fully saturated rings. The fourth-order valence-corrected chi connectivity index (χ4v) is 4.86. The van der Waals surface area contributed by atoms with Gasteiger partial charge in [0, 0.05) is 18.2 Å². The highest BCUT2D eigenvalue weighted by Crippen LogP contribution is 2.29. The molecule has 6 heteroatoms. The smallest absolute Gasteiger partial charge is 0.244 e. The van der Waals surface area contributed by atoms with Crippen molar-refractivity contribution in [2.24, 2.45) is 11.7 Å². The molecule has 1 heterocycles. The predicted octanol–water partition coefficient (Wildman–Crippen LogP) is 2.21. The van der Waals surface area contributed by atoms with Crippen molar-refractivity contribution in [2.75, 3.05) is 0 Å². The molecule has 3 N–H and O–H groups in total. The number of nitrogens with two attached hydrogens (primary N) is 1. The fourth-order valence-electron chi connectivity index (χ4n) is 3.12. The quantitative estimate of drug-likeness (QED) is 0.892. The molecule has 1 aromatic heterocycles. The first kappa shape index (κ1) is 15.5. The Kier molecular flexibility index (Phi) is 4.56. The Morgan fingerprint density at radius 1 is 1.30 bits per heavy atom. The summed E-state index contributed by atoms with van der Waals surface area (Å²) in [6, 6.07) is 0.0176. The Morgan fingerprint density at radius 2 is 2.00 bits per heavy atom. The molecule has 0 saturated heterocycles. The first-order valence-electron chi connectivity index (χ1n) is 7.16. The predicted molar refractivity (Wildman–Crippen MR) is 77.8 cm³/mol. The highest BCUT2D eigenvalue weighted by atomic mass is 32.2. The van der Waals surface area contributed by atoms with Gasteiger partial charge >= 0.3 is 0 Å². The van der Waals surface area contributed by atoms with Gasteiger partial charge in [-0.1, -0.05) is 19.8 Å². The topological polar surface area (TPSA) is 85.3 Å². The maximum Gasteiger partial charge on any atom is 0.244 e. The number of hydrogen-bond donors (Lipinski definition) is 2. The van der Waals surface area contributed by atoms with Crippen molar-refractivity contribution >= 4 is 10.0 Å². The largest absolute Gasteiger partial charge is 0.465 e. The third-order valence-electron chi connectivity index (χ3n) is 4.06. The van der Waals surface area contributed by atoms with Crippen molar-refractivity contribution in [1.29, 1.82) is 0 Å². The lowest BCUT2D eigenvalue weighted by molar-refractivity contribution is 0.327. The van der Waals surface area contributed by atoms with Crippen LogP contribution in [0.5, 0.6) is 0 Å². The summed E-state index contributed by atoms with van der Waals surface area (Å²) in [4.78, 5) is 0.232. The molecule has 1 aliphatic carbocycles. The van der Waals surface area contributed by atoms with Crippen LogP contribution < -0.4 is 10.5 Å². The average molecular weight is 300 g/mol. The average Bonchev–Trinajstić information content (AvgIpc) is 2.63. The summed E-state index contributed by atoms with van der Waals surface area (Å²) in [5, 5.41) is 0. The van der Waals surface area contributed by atoms with Crippen LogP contribution in [0, 0.1) is 19.8 Å². The van der Waals surface area contributed by atoms with Gasteiger partial charge in [0.05, 0.1) is 0 Å². The van der Waals surface area contributed by atoms with E-state index in [1.807, 2.05) is 0 Å². The summed E-state index contributed by atoms with van der Waals surface area (Å²) in [6.45, 7) is 5.75. The molecule has 0 aliphatic heterocycles. The summed E-state index contributed by atoms with van der Waals surface area (Å²) in [5.41, 5.74) is 6.25. The molecule has 0 aromatic carbocycles. The van der Waals surface area contributed by atoms with Crippen molar-refractivity contribution < 1.29 is 12.8 Å². The maximum atomic E-state index is 12.6. The summed E-state index contributed by atoms with van der Waals surface area (Å²) in [7, 11) is -3.56. The highest BCUT2D eigenvalue weighted by Gasteiger charge is 2.30. The van der Waals surface area contributed by atoms with Crippen LogP contribution in [0.3, 0.4) is 0 Å². The summed E-state index contributed by atoms with van der Waals surface area (Å²) >= 11 is 0. The van der Waals surface area contributed by atoms with Crippen LogP contribution in [0.1, 0.15) is 49.7 Å². The van der Waals surface area contributed by atoms with Crippen LogP contribution in [-0.2, 0) is 16.6 Å². The fraction of sp³-hybridized carbons (Fsp3) is 0.714. The third-order valence-corrected chi connectivity index (χ3v) is 5.77. The van der Waals surface area contributed by atoms with Gasteiger partial charge in [-0.15, -0.1) is 0 Å². The molecule has 2 atom stereocenters. The minimum absolute atomic E-state index is 0.0176. The molecule has 2 rings (SSSR count). The van der Waals surface area contributed by atoms with E-state index in [4.69, 9.17) is 10.2 Å². The Morgan fingerprint density at radius 3 is 2.60 bits per heavy atom. The molecular formula is C14H24N2O3S. The monoisotopic (exact) mass is 300 g/mol. The van der Waals surface area contributed by atoms with E-state index < -0.39 is 10.0 Å². The second-order valence-corrected chi connectivity index (χ2v) is 7.47. The standard InChI is InChI=1S/C14H24N2O3S/c1-9-5-4-6-12(7-9)16-20(17,18)14-11(3)19-10(2)13(14)8-15/h9,12,16H,4-8,15H2,1-3H3. The van der Waals surface area contributed by atoms with Gasteiger partial charge in [0.15, 0.2) is 0 Å². The van der Waals surface area contributed by atoms with Gasteiger partial charge in [0.1, 0.15) is 16.4 Å². The normalized spacial score (nSPS) is 24.0. The van der Waals surface area contributed by atoms with Crippen LogP contribution in [0.15, 0.2) is 9.31 Å². The summed E-state index contributed by atoms with van der Waals surface area (Å²) in [6.07, 6.45) is 4.04. The third kappa shape index (κ3) is 3.07. The van der Waals surface area contributed by atoms with Crippen LogP contribution >= 0.6 is 0 Å². The Hall–Kier alpha value is -0.850. The zero-order valence-corrected chi connectivity index (χ0v) is 13.2. The lowest BCUT2D eigenvalue weighted by Crippen LogP contribution is -2.38. The Bertz CT molecular complexity index is 577. The Balaban J connectivity index is 2.26. The minimum Gasteiger partial charge on any atom is -0.465 e. The van der Waals surface area contributed by atoms with Gasteiger partial charge in [-0.05, 0) is 32.6 Å². The molecular weight excluding hydrogens is 276 g/mol. The molecule has 1 aromatic rings. The van der Waals surface area contributed by atoms with E-state index in [1.54, 1.807) is 13.8 Å². The van der Waals surface area contributed by atoms with E-state index in [9.17, 15) is 8.42 Å². The zero-order valence-electron chi connectivity index (χ0n) is 12.4. The van der Waals surface area contributed by atoms with Gasteiger partial charge < -0.3 is 10.2 Å². The number of rotatable bonds is 4. The van der Waals surface area contributed by atoms with Crippen molar-refractivity contribution in [3.8, 4) is 0 Å². The molecule has 5 nitrogen and oxygen atoms in total. The molecule has 0 amide bonds. The van der Waals surface area contributed by atoms with Crippen molar-refractivity contribution in [3.63, 3.8) is 0 Å². The van der Waals surface area contributed by atoms with E-state index >= 15 is 0 Å². The van der Waals surface area contributed by atoms with E-state index in [0.29, 0.717) is 23.0 Å². The first-order valence-corrected chi connectivity index (χ1v) is 8.64. The first-order chi connectivity index (χ1) is 9.35. The number of hydrogen-bond acceptors (Lipinski definition) is 4. The zero-order chi connectivity index (χ0) is 14.9. The van der Waals surface area contributed by atoms with Gasteiger partial charge in [-0.25, -0.2) is 13.1 Å². The van der Waals surface area contributed by atoms with E-state index in [1.165, 1.54) is 6.42 Å². The number of nitrogens with one attached hydrogen (secondary N) is 1. The van der Waals surface area contributed by atoms with Crippen molar-refractivity contribution in [2.45, 2.75) is 63.9 Å². The summed E-state index contributed by atoms with van der Waals surface area (Å²) in [5.74, 6) is 1.57. The molecule has 0 radical (unpaired) electrons. The molecule has 1 saturated carbocycles. The van der Waals surface area contributed by atoms with Crippen LogP contribution in [0.4, 0.5) is 0 Å². The van der Waals surface area contributed by atoms with Gasteiger partial charge in [-0.3, -0.25) is 0 Å². The highest BCUT2D eigenvalue weighted by molar-refractivity contribution is 7.89. The number of aryl methyl sites for hydroxylation is 2. The SMILES string of the molecule is Cc1oc(C)c(S(=O)(=O)NC2CCCC(C)C2)c1CN. The van der Waals surface area contributed by atoms with Crippen molar-refractivity contribution in [1.82, 2.24) is 4.72 Å². The van der Waals surface area contributed by atoms with Crippen LogP contribution in [0.25, 0.3) is 0 Å². The second-order valence-electron chi connectivity index (χ2n) is 5.82. The molecule has 114 valence electrons. The lowest BCUT2D eigenvalue weighted by Gasteiger charge is -2.27. The van der Waals surface area contributed by atoms with E-state index in [2.05, 4.69) is 11.6 Å². The number of furan rings is 1. The van der Waals surface area contributed by atoms with Gasteiger partial charge in [-0.2, -0.15) is 0 Å². The Labute approximate surface area is 121 Å². The molecule has 1 aliphatic rings. The van der Waals surface area contributed by atoms with Gasteiger partial charge in [0.2, 0.25) is 10.0 Å². The minimum atomic E-state index is -3.56. The lowest BCUT2D eigenvalue weighted by atomic mass is 9.88. The van der Waals surface area contributed by atoms with Crippen LogP contribution in [0.2, 0.25) is 0 Å². The molecule has 20 heavy (non-hydrogen) atoms. The maximum absolute atomic E-state index is 12.6. The second kappa shape index (κ2) is 5.87. The van der Waals surface area contributed by atoms with Crippen molar-refractivity contribution in [3.05, 3.63) is 17.1 Å².